The standard InChI is InChI=1S/C20H13BrN4O6/c21-17-7-2-1-6-16(17)20(26)23-22-12-13-4-3-5-15(10-13)31-19-9-8-14(24(27)28)11-18(19)25(29)30/h1-12H,(H,23,26)/b22-12+. The Morgan fingerprint density at radius 2 is 1.77 bits per heavy atom. The first-order valence-electron chi connectivity index (χ1n) is 8.64. The second-order valence-electron chi connectivity index (χ2n) is 6.02. The fourth-order valence-corrected chi connectivity index (χ4v) is 2.97. The molecule has 0 saturated heterocycles. The topological polar surface area (TPSA) is 137 Å². The molecule has 11 heteroatoms. The van der Waals surface area contributed by atoms with Gasteiger partial charge in [-0.2, -0.15) is 5.10 Å². The highest BCUT2D eigenvalue weighted by atomic mass is 79.9. The highest BCUT2D eigenvalue weighted by Crippen LogP contribution is 2.34. The monoisotopic (exact) mass is 484 g/mol. The molecule has 0 saturated carbocycles. The zero-order chi connectivity index (χ0) is 22.4. The summed E-state index contributed by atoms with van der Waals surface area (Å²) in [6, 6.07) is 16.4. The Hall–Kier alpha value is -4.12. The minimum atomic E-state index is -0.759. The van der Waals surface area contributed by atoms with Gasteiger partial charge < -0.3 is 4.74 Å². The van der Waals surface area contributed by atoms with Gasteiger partial charge in [0.15, 0.2) is 0 Å². The van der Waals surface area contributed by atoms with Crippen molar-refractivity contribution < 1.29 is 19.4 Å². The quantitative estimate of drug-likeness (QED) is 0.289. The first kappa shape index (κ1) is 21.6. The maximum absolute atomic E-state index is 12.1. The smallest absolute Gasteiger partial charge is 0.318 e. The number of nitrogens with zero attached hydrogens (tertiary/aromatic N) is 3. The first-order valence-corrected chi connectivity index (χ1v) is 9.43. The van der Waals surface area contributed by atoms with Gasteiger partial charge in [0.05, 0.1) is 27.7 Å². The van der Waals surface area contributed by atoms with Gasteiger partial charge in [0.25, 0.3) is 11.6 Å². The summed E-state index contributed by atoms with van der Waals surface area (Å²) in [6.07, 6.45) is 1.38. The molecule has 0 fully saturated rings. The summed E-state index contributed by atoms with van der Waals surface area (Å²) in [5, 5.41) is 26.0. The Balaban J connectivity index is 1.74. The Morgan fingerprint density at radius 1 is 1.00 bits per heavy atom. The van der Waals surface area contributed by atoms with E-state index in [2.05, 4.69) is 26.5 Å². The summed E-state index contributed by atoms with van der Waals surface area (Å²) >= 11 is 3.29. The Morgan fingerprint density at radius 3 is 2.48 bits per heavy atom. The molecular weight excluding hydrogens is 472 g/mol. The van der Waals surface area contributed by atoms with Crippen molar-refractivity contribution >= 4 is 39.4 Å². The number of rotatable bonds is 7. The van der Waals surface area contributed by atoms with E-state index in [1.54, 1.807) is 48.5 Å². The van der Waals surface area contributed by atoms with Crippen molar-refractivity contribution in [1.29, 1.82) is 0 Å². The summed E-state index contributed by atoms with van der Waals surface area (Å²) in [5.74, 6) is -0.303. The number of hydrazone groups is 1. The molecule has 0 bridgehead atoms. The summed E-state index contributed by atoms with van der Waals surface area (Å²) in [6.45, 7) is 0. The Labute approximate surface area is 183 Å². The van der Waals surface area contributed by atoms with Gasteiger partial charge in [-0.05, 0) is 51.8 Å². The highest BCUT2D eigenvalue weighted by Gasteiger charge is 2.21. The molecule has 3 rings (SSSR count). The molecule has 0 atom stereocenters. The number of carbonyl (C=O) groups excluding carboxylic acids is 1. The van der Waals surface area contributed by atoms with E-state index in [9.17, 15) is 25.0 Å². The normalized spacial score (nSPS) is 10.6. The molecule has 0 spiro atoms. The van der Waals surface area contributed by atoms with Gasteiger partial charge in [-0.25, -0.2) is 5.43 Å². The van der Waals surface area contributed by atoms with Crippen LogP contribution in [0.15, 0.2) is 76.3 Å². The van der Waals surface area contributed by atoms with Crippen molar-refractivity contribution in [2.24, 2.45) is 5.10 Å². The van der Waals surface area contributed by atoms with Crippen LogP contribution in [0.5, 0.6) is 11.5 Å². The van der Waals surface area contributed by atoms with Crippen LogP contribution in [0.4, 0.5) is 11.4 Å². The van der Waals surface area contributed by atoms with E-state index in [4.69, 9.17) is 4.74 Å². The second kappa shape index (κ2) is 9.59. The van der Waals surface area contributed by atoms with E-state index in [0.717, 1.165) is 18.2 Å². The van der Waals surface area contributed by atoms with Crippen LogP contribution in [0.2, 0.25) is 0 Å². The van der Waals surface area contributed by atoms with E-state index in [1.165, 1.54) is 6.21 Å². The largest absolute Gasteiger partial charge is 0.450 e. The van der Waals surface area contributed by atoms with Crippen LogP contribution >= 0.6 is 15.9 Å². The fourth-order valence-electron chi connectivity index (χ4n) is 2.50. The van der Waals surface area contributed by atoms with Crippen molar-refractivity contribution in [1.82, 2.24) is 5.43 Å². The molecule has 0 unspecified atom stereocenters. The number of ether oxygens (including phenoxy) is 1. The molecule has 1 N–H and O–H groups in total. The van der Waals surface area contributed by atoms with Crippen LogP contribution in [0, 0.1) is 20.2 Å². The lowest BCUT2D eigenvalue weighted by molar-refractivity contribution is -0.394. The average Bonchev–Trinajstić information content (AvgIpc) is 2.74. The van der Waals surface area contributed by atoms with Gasteiger partial charge in [0.2, 0.25) is 5.75 Å². The number of carbonyl (C=O) groups is 1. The molecule has 0 aromatic heterocycles. The highest BCUT2D eigenvalue weighted by molar-refractivity contribution is 9.10. The van der Waals surface area contributed by atoms with Crippen LogP contribution < -0.4 is 10.2 Å². The number of nitrogens with one attached hydrogen (secondary N) is 1. The summed E-state index contributed by atoms with van der Waals surface area (Å²) in [7, 11) is 0. The molecular formula is C20H13BrN4O6. The van der Waals surface area contributed by atoms with Gasteiger partial charge in [0, 0.05) is 10.5 Å². The Kier molecular flexibility index (Phi) is 6.67. The number of hydrogen-bond acceptors (Lipinski definition) is 7. The molecule has 31 heavy (non-hydrogen) atoms. The van der Waals surface area contributed by atoms with E-state index in [0.29, 0.717) is 15.6 Å². The van der Waals surface area contributed by atoms with Crippen LogP contribution in [0.3, 0.4) is 0 Å². The molecule has 1 amide bonds. The zero-order valence-electron chi connectivity index (χ0n) is 15.6. The maximum Gasteiger partial charge on any atom is 0.318 e. The van der Waals surface area contributed by atoms with Gasteiger partial charge in [-0.3, -0.25) is 25.0 Å². The minimum Gasteiger partial charge on any atom is -0.450 e. The lowest BCUT2D eigenvalue weighted by Gasteiger charge is -2.07. The minimum absolute atomic E-state index is 0.146. The SMILES string of the molecule is O=C(N/N=C/c1cccc(Oc2ccc([N+](=O)[O-])cc2[N+](=O)[O-])c1)c1ccccc1Br. The van der Waals surface area contributed by atoms with Gasteiger partial charge in [0.1, 0.15) is 5.75 Å². The van der Waals surface area contributed by atoms with Gasteiger partial charge in [-0.1, -0.05) is 24.3 Å². The molecule has 0 heterocycles. The van der Waals surface area contributed by atoms with Gasteiger partial charge >= 0.3 is 5.69 Å². The van der Waals surface area contributed by atoms with Crippen molar-refractivity contribution in [3.63, 3.8) is 0 Å². The predicted octanol–water partition coefficient (Wildman–Crippen LogP) is 4.82. The summed E-state index contributed by atoms with van der Waals surface area (Å²) < 4.78 is 6.17. The molecule has 3 aromatic carbocycles. The predicted molar refractivity (Wildman–Crippen MR) is 115 cm³/mol. The van der Waals surface area contributed by atoms with Crippen LogP contribution in [0.1, 0.15) is 15.9 Å². The number of non-ortho nitro benzene ring substituents is 1. The maximum atomic E-state index is 12.1. The lowest BCUT2D eigenvalue weighted by Crippen LogP contribution is -2.18. The van der Waals surface area contributed by atoms with Gasteiger partial charge in [-0.15, -0.1) is 0 Å². The summed E-state index contributed by atoms with van der Waals surface area (Å²) in [5.41, 5.74) is 2.42. The number of hydrogen-bond donors (Lipinski definition) is 1. The lowest BCUT2D eigenvalue weighted by atomic mass is 10.2. The number of nitro benzene ring substituents is 2. The number of nitro groups is 2. The Bertz CT molecular complexity index is 1200. The third-order valence-corrected chi connectivity index (χ3v) is 4.63. The van der Waals surface area contributed by atoms with E-state index < -0.39 is 27.1 Å². The van der Waals surface area contributed by atoms with Crippen molar-refractivity contribution in [3.05, 3.63) is 103 Å². The molecule has 0 aliphatic carbocycles. The average molecular weight is 485 g/mol. The zero-order valence-corrected chi connectivity index (χ0v) is 17.2. The molecule has 156 valence electrons. The molecule has 10 nitrogen and oxygen atoms in total. The number of benzene rings is 3. The van der Waals surface area contributed by atoms with E-state index in [1.807, 2.05) is 0 Å². The molecule has 0 radical (unpaired) electrons. The number of amides is 1. The molecule has 0 aliphatic heterocycles. The van der Waals surface area contributed by atoms with Crippen LogP contribution in [-0.4, -0.2) is 22.0 Å². The fraction of sp³-hybridized carbons (Fsp3) is 0. The number of halogens is 1. The molecule has 0 aliphatic rings. The third-order valence-electron chi connectivity index (χ3n) is 3.93. The van der Waals surface area contributed by atoms with Crippen molar-refractivity contribution in [3.8, 4) is 11.5 Å². The second-order valence-corrected chi connectivity index (χ2v) is 6.87. The van der Waals surface area contributed by atoms with Crippen molar-refractivity contribution in [2.45, 2.75) is 0 Å². The van der Waals surface area contributed by atoms with Crippen molar-refractivity contribution in [2.75, 3.05) is 0 Å². The van der Waals surface area contributed by atoms with E-state index in [-0.39, 0.29) is 11.5 Å². The molecule has 3 aromatic rings. The van der Waals surface area contributed by atoms with Crippen LogP contribution in [0.25, 0.3) is 0 Å². The third kappa shape index (κ3) is 5.48. The summed E-state index contributed by atoms with van der Waals surface area (Å²) in [4.78, 5) is 32.7. The van der Waals surface area contributed by atoms with Crippen LogP contribution in [-0.2, 0) is 0 Å². The van der Waals surface area contributed by atoms with E-state index >= 15 is 0 Å². The first-order chi connectivity index (χ1) is 14.8.